The van der Waals surface area contributed by atoms with Crippen LogP contribution in [0.15, 0.2) is 48.5 Å². The second-order valence-electron chi connectivity index (χ2n) is 9.26. The van der Waals surface area contributed by atoms with Gasteiger partial charge in [-0.2, -0.15) is 0 Å². The van der Waals surface area contributed by atoms with Crippen molar-refractivity contribution in [2.75, 3.05) is 48.5 Å². The molecule has 2 aromatic rings. The largest absolute Gasteiger partial charge is 0.387 e. The molecule has 0 aromatic heterocycles. The Labute approximate surface area is 225 Å². The summed E-state index contributed by atoms with van der Waals surface area (Å²) in [5, 5.41) is 14.7. The normalized spacial score (nSPS) is 15.5. The number of aliphatic hydroxyl groups is 1. The molecule has 0 bridgehead atoms. The Balaban J connectivity index is 1.94. The monoisotopic (exact) mass is 537 g/mol. The fraction of sp³-hybridized carbons (Fsp3) is 0.333. The van der Waals surface area contributed by atoms with E-state index in [2.05, 4.69) is 10.6 Å². The van der Waals surface area contributed by atoms with Gasteiger partial charge in [0.05, 0.1) is 24.0 Å². The number of aliphatic hydroxyl groups excluding tert-OH is 1. The third kappa shape index (κ3) is 7.05. The number of amides is 4. The third-order valence-electron chi connectivity index (χ3n) is 6.10. The molecule has 1 aliphatic heterocycles. The number of nitrogens with one attached hydrogen (secondary N) is 2. The molecule has 0 saturated heterocycles. The SMILES string of the molecule is CC(=O)C[C@@H](C=O)NC(=O)CN1C(=O)[C@@H](NC(=O)c2ccc(N(C)C)cc2)CN(C(=O)CO)c2ccccc21. The fourth-order valence-electron chi connectivity index (χ4n) is 4.17. The van der Waals surface area contributed by atoms with Crippen molar-refractivity contribution in [3.8, 4) is 0 Å². The Bertz CT molecular complexity index is 1260. The predicted molar refractivity (Wildman–Crippen MR) is 144 cm³/mol. The van der Waals surface area contributed by atoms with Gasteiger partial charge in [0.25, 0.3) is 17.7 Å². The van der Waals surface area contributed by atoms with E-state index in [1.54, 1.807) is 42.5 Å². The molecule has 0 radical (unpaired) electrons. The second-order valence-corrected chi connectivity index (χ2v) is 9.26. The summed E-state index contributed by atoms with van der Waals surface area (Å²) in [6.07, 6.45) is 0.230. The van der Waals surface area contributed by atoms with Crippen LogP contribution in [0.3, 0.4) is 0 Å². The lowest BCUT2D eigenvalue weighted by atomic mass is 10.1. The van der Waals surface area contributed by atoms with Gasteiger partial charge in [-0.25, -0.2) is 0 Å². The Hall–Kier alpha value is -4.58. The lowest BCUT2D eigenvalue weighted by Crippen LogP contribution is -2.55. The van der Waals surface area contributed by atoms with Crippen molar-refractivity contribution in [1.29, 1.82) is 0 Å². The molecule has 12 nitrogen and oxygen atoms in total. The van der Waals surface area contributed by atoms with E-state index in [1.165, 1.54) is 17.9 Å². The van der Waals surface area contributed by atoms with Gasteiger partial charge >= 0.3 is 0 Å². The molecule has 2 atom stereocenters. The van der Waals surface area contributed by atoms with E-state index < -0.39 is 48.9 Å². The zero-order chi connectivity index (χ0) is 28.7. The lowest BCUT2D eigenvalue weighted by Gasteiger charge is -2.25. The zero-order valence-corrected chi connectivity index (χ0v) is 21.9. The Morgan fingerprint density at radius 2 is 1.72 bits per heavy atom. The number of carbonyl (C=O) groups excluding carboxylic acids is 6. The summed E-state index contributed by atoms with van der Waals surface area (Å²) in [6, 6.07) is 10.6. The Kier molecular flexibility index (Phi) is 9.50. The molecule has 0 saturated carbocycles. The highest BCUT2D eigenvalue weighted by Crippen LogP contribution is 2.33. The molecule has 3 rings (SSSR count). The van der Waals surface area contributed by atoms with Gasteiger partial charge in [0.2, 0.25) is 5.91 Å². The van der Waals surface area contributed by atoms with Crippen LogP contribution in [0.25, 0.3) is 0 Å². The van der Waals surface area contributed by atoms with Crippen molar-refractivity contribution < 1.29 is 33.9 Å². The number of benzene rings is 2. The average Bonchev–Trinajstić information content (AvgIpc) is 3.02. The first-order chi connectivity index (χ1) is 18.5. The van der Waals surface area contributed by atoms with Gasteiger partial charge in [-0.1, -0.05) is 12.1 Å². The Morgan fingerprint density at radius 3 is 2.28 bits per heavy atom. The molecule has 1 aliphatic rings. The molecule has 2 aromatic carbocycles. The minimum absolute atomic E-state index is 0.195. The van der Waals surface area contributed by atoms with E-state index in [1.807, 2.05) is 19.0 Å². The molecule has 4 amide bonds. The number of nitrogens with zero attached hydrogens (tertiary/aromatic N) is 3. The predicted octanol–water partition coefficient (Wildman–Crippen LogP) is -0.114. The quantitative estimate of drug-likeness (QED) is 0.355. The van der Waals surface area contributed by atoms with Crippen LogP contribution in [0.1, 0.15) is 23.7 Å². The maximum Gasteiger partial charge on any atom is 0.252 e. The molecular formula is C27H31N5O7. The minimum atomic E-state index is -1.28. The van der Waals surface area contributed by atoms with Gasteiger partial charge < -0.3 is 30.3 Å². The molecule has 3 N–H and O–H groups in total. The number of hydrogen-bond donors (Lipinski definition) is 3. The number of ketones is 1. The van der Waals surface area contributed by atoms with Gasteiger partial charge in [-0.15, -0.1) is 0 Å². The smallest absolute Gasteiger partial charge is 0.252 e. The molecular weight excluding hydrogens is 506 g/mol. The van der Waals surface area contributed by atoms with Crippen LogP contribution < -0.4 is 25.3 Å². The van der Waals surface area contributed by atoms with Crippen LogP contribution in [0.2, 0.25) is 0 Å². The molecule has 206 valence electrons. The van der Waals surface area contributed by atoms with Gasteiger partial charge in [0, 0.05) is 31.8 Å². The van der Waals surface area contributed by atoms with Gasteiger partial charge in [-0.3, -0.25) is 28.9 Å². The maximum absolute atomic E-state index is 13.7. The van der Waals surface area contributed by atoms with Crippen molar-refractivity contribution in [1.82, 2.24) is 10.6 Å². The van der Waals surface area contributed by atoms with Crippen molar-refractivity contribution in [2.24, 2.45) is 0 Å². The Morgan fingerprint density at radius 1 is 1.08 bits per heavy atom. The number of aldehydes is 1. The summed E-state index contributed by atoms with van der Waals surface area (Å²) in [5.41, 5.74) is 1.58. The third-order valence-corrected chi connectivity index (χ3v) is 6.10. The first-order valence-corrected chi connectivity index (χ1v) is 12.2. The highest BCUT2D eigenvalue weighted by Gasteiger charge is 2.37. The number of Topliss-reactive ketones (excluding diaryl/α,β-unsaturated/α-hetero) is 1. The van der Waals surface area contributed by atoms with E-state index in [0.717, 1.165) is 10.6 Å². The van der Waals surface area contributed by atoms with Crippen LogP contribution in [-0.2, 0) is 24.0 Å². The van der Waals surface area contributed by atoms with Gasteiger partial charge in [-0.05, 0) is 43.3 Å². The van der Waals surface area contributed by atoms with Gasteiger partial charge in [0.15, 0.2) is 0 Å². The standard InChI is InChI=1S/C27H31N5O7/c1-17(35)12-19(15-33)28-24(36)14-32-23-7-5-4-6-22(23)31(25(37)16-34)13-21(27(32)39)29-26(38)18-8-10-20(11-9-18)30(2)3/h4-11,15,19,21,34H,12-14,16H2,1-3H3,(H,28,36)(H,29,38)/t19-,21-/m0/s1. The number of rotatable bonds is 10. The van der Waals surface area contributed by atoms with Gasteiger partial charge in [0.1, 0.15) is 31.3 Å². The van der Waals surface area contributed by atoms with Crippen LogP contribution in [0.5, 0.6) is 0 Å². The minimum Gasteiger partial charge on any atom is -0.387 e. The number of anilines is 3. The second kappa shape index (κ2) is 12.8. The van der Waals surface area contributed by atoms with Crippen molar-refractivity contribution in [3.05, 3.63) is 54.1 Å². The van der Waals surface area contributed by atoms with Crippen molar-refractivity contribution in [3.63, 3.8) is 0 Å². The molecule has 0 spiro atoms. The van der Waals surface area contributed by atoms with Crippen LogP contribution in [-0.4, -0.2) is 86.7 Å². The van der Waals surface area contributed by atoms with E-state index in [4.69, 9.17) is 0 Å². The lowest BCUT2D eigenvalue weighted by molar-refractivity contribution is -0.127. The summed E-state index contributed by atoms with van der Waals surface area (Å²) < 4.78 is 0. The van der Waals surface area contributed by atoms with E-state index in [-0.39, 0.29) is 35.7 Å². The molecule has 0 fully saturated rings. The van der Waals surface area contributed by atoms with Crippen LogP contribution in [0, 0.1) is 0 Å². The summed E-state index contributed by atoms with van der Waals surface area (Å²) in [7, 11) is 3.71. The number of hydrogen-bond acceptors (Lipinski definition) is 8. The molecule has 0 unspecified atom stereocenters. The summed E-state index contributed by atoms with van der Waals surface area (Å²) >= 11 is 0. The number of fused-ring (bicyclic) bond motifs is 1. The van der Waals surface area contributed by atoms with Crippen molar-refractivity contribution in [2.45, 2.75) is 25.4 Å². The molecule has 39 heavy (non-hydrogen) atoms. The van der Waals surface area contributed by atoms with E-state index in [9.17, 15) is 33.9 Å². The first kappa shape index (κ1) is 29.0. The summed E-state index contributed by atoms with van der Waals surface area (Å²) in [5.74, 6) is -2.99. The van der Waals surface area contributed by atoms with E-state index >= 15 is 0 Å². The topological polar surface area (TPSA) is 156 Å². The van der Waals surface area contributed by atoms with Crippen LogP contribution >= 0.6 is 0 Å². The molecule has 1 heterocycles. The summed E-state index contributed by atoms with van der Waals surface area (Å²) in [6.45, 7) is -0.410. The zero-order valence-electron chi connectivity index (χ0n) is 21.9. The van der Waals surface area contributed by atoms with E-state index in [0.29, 0.717) is 6.29 Å². The van der Waals surface area contributed by atoms with Crippen molar-refractivity contribution >= 4 is 52.8 Å². The van der Waals surface area contributed by atoms with Crippen LogP contribution in [0.4, 0.5) is 17.1 Å². The fourth-order valence-corrected chi connectivity index (χ4v) is 4.17. The average molecular weight is 538 g/mol. The molecule has 0 aliphatic carbocycles. The maximum atomic E-state index is 13.7. The number of para-hydroxylation sites is 2. The first-order valence-electron chi connectivity index (χ1n) is 12.2. The number of carbonyl (C=O) groups is 6. The highest BCUT2D eigenvalue weighted by atomic mass is 16.3. The molecule has 12 heteroatoms. The highest BCUT2D eigenvalue weighted by molar-refractivity contribution is 6.11. The summed E-state index contributed by atoms with van der Waals surface area (Å²) in [4.78, 5) is 79.3.